The molecule has 0 aliphatic rings. The molecule has 0 aromatic carbocycles. The number of carbonyl (C=O) groups excluding carboxylic acids is 4. The summed E-state index contributed by atoms with van der Waals surface area (Å²) in [7, 11) is 0. The van der Waals surface area contributed by atoms with Crippen molar-refractivity contribution in [3.05, 3.63) is 0 Å². The van der Waals surface area contributed by atoms with Crippen molar-refractivity contribution < 1.29 is 34.2 Å². The Balaban J connectivity index is 5.04. The Morgan fingerprint density at radius 3 is 2.00 bits per heavy atom. The molecule has 28 heavy (non-hydrogen) atoms. The fourth-order valence-electron chi connectivity index (χ4n) is 1.93. The average Bonchev–Trinajstić information content (AvgIpc) is 2.61. The van der Waals surface area contributed by atoms with E-state index in [0.717, 1.165) is 0 Å². The smallest absolute Gasteiger partial charge is 0.325 e. The molecule has 4 atom stereocenters. The van der Waals surface area contributed by atoms with Crippen LogP contribution in [0.3, 0.4) is 0 Å². The molecule has 0 heterocycles. The summed E-state index contributed by atoms with van der Waals surface area (Å²) in [6.45, 7) is 0.480. The second-order valence-electron chi connectivity index (χ2n) is 5.93. The number of aliphatic hydroxyl groups is 1. The molecular formula is C15H27N5O7S. The predicted octanol–water partition coefficient (Wildman–Crippen LogP) is -3.51. The maximum Gasteiger partial charge on any atom is 0.325 e. The molecule has 0 aromatic heterocycles. The van der Waals surface area contributed by atoms with Gasteiger partial charge in [-0.15, -0.1) is 0 Å². The van der Waals surface area contributed by atoms with Crippen molar-refractivity contribution in [2.45, 2.75) is 43.9 Å². The molecule has 0 rings (SSSR count). The van der Waals surface area contributed by atoms with Crippen LogP contribution in [0.5, 0.6) is 0 Å². The van der Waals surface area contributed by atoms with Gasteiger partial charge < -0.3 is 37.6 Å². The molecule has 0 fully saturated rings. The first-order valence-electron chi connectivity index (χ1n) is 8.31. The number of carbonyl (C=O) groups is 5. The molecule has 0 aromatic rings. The van der Waals surface area contributed by atoms with Crippen LogP contribution in [0, 0.1) is 0 Å². The molecule has 4 amide bonds. The zero-order valence-corrected chi connectivity index (χ0v) is 16.5. The number of amides is 4. The number of aliphatic hydroxyl groups excluding tert-OH is 1. The molecule has 9 N–H and O–H groups in total. The zero-order chi connectivity index (χ0) is 21.9. The van der Waals surface area contributed by atoms with Crippen molar-refractivity contribution >= 4 is 41.4 Å². The van der Waals surface area contributed by atoms with Gasteiger partial charge in [0.2, 0.25) is 23.6 Å². The summed E-state index contributed by atoms with van der Waals surface area (Å²) in [6.07, 6.45) is 1.53. The Morgan fingerprint density at radius 2 is 1.54 bits per heavy atom. The van der Waals surface area contributed by atoms with E-state index in [1.807, 2.05) is 0 Å². The number of aliphatic carboxylic acids is 1. The van der Waals surface area contributed by atoms with Crippen LogP contribution >= 0.6 is 11.8 Å². The van der Waals surface area contributed by atoms with E-state index in [1.165, 1.54) is 18.7 Å². The molecule has 0 saturated heterocycles. The second-order valence-corrected chi connectivity index (χ2v) is 6.92. The molecule has 160 valence electrons. The lowest BCUT2D eigenvalue weighted by Gasteiger charge is -2.23. The van der Waals surface area contributed by atoms with Crippen molar-refractivity contribution in [1.29, 1.82) is 0 Å². The molecule has 0 bridgehead atoms. The summed E-state index contributed by atoms with van der Waals surface area (Å²) in [4.78, 5) is 58.1. The highest BCUT2D eigenvalue weighted by atomic mass is 32.2. The standard InChI is InChI=1S/C15H27N5O7S/c1-7(15(26)27)18-13(24)9(3-4-28-2)19-14(25)10(6-21)20-12(23)8(16)5-11(17)22/h7-10,21H,3-6,16H2,1-2H3,(H2,17,22)(H,18,24)(H,19,25)(H,20,23)(H,26,27). The van der Waals surface area contributed by atoms with Gasteiger partial charge in [-0.3, -0.25) is 24.0 Å². The van der Waals surface area contributed by atoms with Crippen LogP contribution in [0.4, 0.5) is 0 Å². The summed E-state index contributed by atoms with van der Waals surface area (Å²) >= 11 is 1.41. The van der Waals surface area contributed by atoms with Crippen molar-refractivity contribution in [2.24, 2.45) is 11.5 Å². The van der Waals surface area contributed by atoms with Gasteiger partial charge >= 0.3 is 5.97 Å². The largest absolute Gasteiger partial charge is 0.480 e. The maximum absolute atomic E-state index is 12.3. The van der Waals surface area contributed by atoms with E-state index in [1.54, 1.807) is 6.26 Å². The molecule has 0 saturated carbocycles. The first kappa shape index (κ1) is 25.6. The zero-order valence-electron chi connectivity index (χ0n) is 15.6. The number of thioether (sulfide) groups is 1. The highest BCUT2D eigenvalue weighted by Crippen LogP contribution is 2.03. The van der Waals surface area contributed by atoms with Gasteiger partial charge in [-0.25, -0.2) is 0 Å². The third-order valence-electron chi connectivity index (χ3n) is 3.55. The summed E-state index contributed by atoms with van der Waals surface area (Å²) in [5, 5.41) is 25.0. The Hall–Kier alpha value is -2.38. The van der Waals surface area contributed by atoms with Crippen LogP contribution in [0.1, 0.15) is 19.8 Å². The third-order valence-corrected chi connectivity index (χ3v) is 4.19. The van der Waals surface area contributed by atoms with Crippen molar-refractivity contribution in [3.63, 3.8) is 0 Å². The van der Waals surface area contributed by atoms with Gasteiger partial charge in [0, 0.05) is 0 Å². The highest BCUT2D eigenvalue weighted by molar-refractivity contribution is 7.98. The molecule has 0 spiro atoms. The van der Waals surface area contributed by atoms with Gasteiger partial charge in [-0.05, 0) is 25.4 Å². The van der Waals surface area contributed by atoms with Gasteiger partial charge in [-0.2, -0.15) is 11.8 Å². The van der Waals surface area contributed by atoms with Gasteiger partial charge in [-0.1, -0.05) is 0 Å². The van der Waals surface area contributed by atoms with E-state index in [4.69, 9.17) is 16.6 Å². The second kappa shape index (κ2) is 12.9. The van der Waals surface area contributed by atoms with E-state index >= 15 is 0 Å². The predicted molar refractivity (Wildman–Crippen MR) is 101 cm³/mol. The Bertz CT molecular complexity index is 589. The fourth-order valence-corrected chi connectivity index (χ4v) is 2.41. The number of nitrogens with one attached hydrogen (secondary N) is 3. The van der Waals surface area contributed by atoms with Crippen LogP contribution < -0.4 is 27.4 Å². The monoisotopic (exact) mass is 421 g/mol. The number of hydrogen-bond donors (Lipinski definition) is 7. The number of primary amides is 1. The maximum atomic E-state index is 12.3. The Morgan fingerprint density at radius 1 is 1.00 bits per heavy atom. The van der Waals surface area contributed by atoms with Crippen LogP contribution in [0.2, 0.25) is 0 Å². The van der Waals surface area contributed by atoms with Crippen molar-refractivity contribution in [2.75, 3.05) is 18.6 Å². The summed E-state index contributed by atoms with van der Waals surface area (Å²) in [5.74, 6) is -4.03. The van der Waals surface area contributed by atoms with E-state index in [0.29, 0.717) is 5.75 Å². The molecule has 0 aliphatic carbocycles. The van der Waals surface area contributed by atoms with Gasteiger partial charge in [0.15, 0.2) is 0 Å². The first-order chi connectivity index (χ1) is 13.0. The Labute approximate surface area is 166 Å². The first-order valence-corrected chi connectivity index (χ1v) is 9.70. The normalized spacial score (nSPS) is 14.9. The third kappa shape index (κ3) is 9.53. The number of carboxylic acids is 1. The van der Waals surface area contributed by atoms with Crippen molar-refractivity contribution in [1.82, 2.24) is 16.0 Å². The molecule has 4 unspecified atom stereocenters. The van der Waals surface area contributed by atoms with Crippen LogP contribution in [-0.2, 0) is 24.0 Å². The number of carboxylic acid groups (broad SMARTS) is 1. The molecule has 12 nitrogen and oxygen atoms in total. The SMILES string of the molecule is CSCCC(NC(=O)C(CO)NC(=O)C(N)CC(N)=O)C(=O)NC(C)C(=O)O. The number of hydrogen-bond acceptors (Lipinski definition) is 8. The lowest BCUT2D eigenvalue weighted by Crippen LogP contribution is -2.58. The molecule has 0 radical (unpaired) electrons. The molecule has 13 heteroatoms. The Kier molecular flexibility index (Phi) is 11.8. The minimum absolute atomic E-state index is 0.193. The van der Waals surface area contributed by atoms with Crippen LogP contribution in [-0.4, -0.2) is 82.6 Å². The van der Waals surface area contributed by atoms with Gasteiger partial charge in [0.25, 0.3) is 0 Å². The summed E-state index contributed by atoms with van der Waals surface area (Å²) in [6, 6.07) is -4.97. The van der Waals surface area contributed by atoms with Crippen molar-refractivity contribution in [3.8, 4) is 0 Å². The summed E-state index contributed by atoms with van der Waals surface area (Å²) < 4.78 is 0. The van der Waals surface area contributed by atoms with E-state index in [2.05, 4.69) is 16.0 Å². The lowest BCUT2D eigenvalue weighted by atomic mass is 10.1. The fraction of sp³-hybridized carbons (Fsp3) is 0.667. The quantitative estimate of drug-likeness (QED) is 0.157. The van der Waals surface area contributed by atoms with Gasteiger partial charge in [0.05, 0.1) is 19.1 Å². The average molecular weight is 421 g/mol. The van der Waals surface area contributed by atoms with E-state index in [9.17, 15) is 29.1 Å². The molecular weight excluding hydrogens is 394 g/mol. The number of rotatable bonds is 13. The molecule has 0 aliphatic heterocycles. The van der Waals surface area contributed by atoms with Crippen LogP contribution in [0.25, 0.3) is 0 Å². The lowest BCUT2D eigenvalue weighted by molar-refractivity contribution is -0.141. The van der Waals surface area contributed by atoms with E-state index < -0.39 is 66.8 Å². The highest BCUT2D eigenvalue weighted by Gasteiger charge is 2.29. The van der Waals surface area contributed by atoms with E-state index in [-0.39, 0.29) is 6.42 Å². The minimum Gasteiger partial charge on any atom is -0.480 e. The number of nitrogens with two attached hydrogens (primary N) is 2. The topological polar surface area (TPSA) is 214 Å². The van der Waals surface area contributed by atoms with Crippen LogP contribution in [0.15, 0.2) is 0 Å². The van der Waals surface area contributed by atoms with Gasteiger partial charge in [0.1, 0.15) is 18.1 Å². The minimum atomic E-state index is -1.42. The summed E-state index contributed by atoms with van der Waals surface area (Å²) in [5.41, 5.74) is 10.4.